The minimum Gasteiger partial charge on any atom is -0.374 e. The van der Waals surface area contributed by atoms with Crippen molar-refractivity contribution >= 4 is 34.1 Å². The summed E-state index contributed by atoms with van der Waals surface area (Å²) in [5.74, 6) is 0.250. The zero-order chi connectivity index (χ0) is 14.5. The van der Waals surface area contributed by atoms with Crippen molar-refractivity contribution in [3.05, 3.63) is 18.0 Å². The number of aryl methyl sites for hydroxylation is 1. The second kappa shape index (κ2) is 6.71. The van der Waals surface area contributed by atoms with E-state index in [1.54, 1.807) is 10.9 Å². The molecule has 9 heteroatoms. The highest BCUT2D eigenvalue weighted by atomic mass is 32.2. The normalized spacial score (nSPS) is 12.3. The molecule has 2 aromatic rings. The second-order valence-electron chi connectivity index (χ2n) is 4.10. The summed E-state index contributed by atoms with van der Waals surface area (Å²) < 4.78 is 2.47. The van der Waals surface area contributed by atoms with Gasteiger partial charge in [-0.1, -0.05) is 30.0 Å². The zero-order valence-electron chi connectivity index (χ0n) is 11.2. The number of hydrogen-bond acceptors (Lipinski definition) is 7. The van der Waals surface area contributed by atoms with Crippen LogP contribution in [0, 0.1) is 0 Å². The Balaban J connectivity index is 1.88. The highest BCUT2D eigenvalue weighted by Crippen LogP contribution is 2.23. The number of carbonyl (C=O) groups is 1. The second-order valence-corrected chi connectivity index (χ2v) is 6.33. The van der Waals surface area contributed by atoms with Crippen LogP contribution in [0.2, 0.25) is 0 Å². The first-order chi connectivity index (χ1) is 9.60. The maximum atomic E-state index is 12.0. The van der Waals surface area contributed by atoms with Crippen molar-refractivity contribution < 1.29 is 4.79 Å². The van der Waals surface area contributed by atoms with Crippen LogP contribution in [0.1, 0.15) is 25.1 Å². The minimum absolute atomic E-state index is 0.0323. The molecule has 0 bridgehead atoms. The van der Waals surface area contributed by atoms with E-state index < -0.39 is 0 Å². The molecule has 7 nitrogen and oxygen atoms in total. The third-order valence-electron chi connectivity index (χ3n) is 2.71. The lowest BCUT2D eigenvalue weighted by Crippen LogP contribution is -2.30. The van der Waals surface area contributed by atoms with Gasteiger partial charge in [0.25, 0.3) is 0 Å². The highest BCUT2D eigenvalue weighted by Gasteiger charge is 2.16. The van der Waals surface area contributed by atoms with E-state index in [1.807, 2.05) is 20.0 Å². The van der Waals surface area contributed by atoms with Gasteiger partial charge >= 0.3 is 0 Å². The molecule has 1 amide bonds. The van der Waals surface area contributed by atoms with E-state index in [0.29, 0.717) is 15.2 Å². The Morgan fingerprint density at radius 2 is 2.40 bits per heavy atom. The van der Waals surface area contributed by atoms with E-state index in [0.717, 1.165) is 12.1 Å². The number of aromatic nitrogens is 4. The molecular weight excluding hydrogens is 296 g/mol. The van der Waals surface area contributed by atoms with Crippen LogP contribution in [0.25, 0.3) is 0 Å². The first-order valence-electron chi connectivity index (χ1n) is 6.09. The maximum Gasteiger partial charge on any atom is 0.230 e. The van der Waals surface area contributed by atoms with Gasteiger partial charge < -0.3 is 11.1 Å². The maximum absolute atomic E-state index is 12.0. The molecule has 0 saturated heterocycles. The van der Waals surface area contributed by atoms with Crippen LogP contribution >= 0.6 is 23.1 Å². The first kappa shape index (κ1) is 14.8. The van der Waals surface area contributed by atoms with Gasteiger partial charge in [0.1, 0.15) is 0 Å². The number of nitrogens with two attached hydrogens (primary N) is 1. The Morgan fingerprint density at radius 1 is 1.60 bits per heavy atom. The summed E-state index contributed by atoms with van der Waals surface area (Å²) >= 11 is 2.61. The molecule has 0 aromatic carbocycles. The summed E-state index contributed by atoms with van der Waals surface area (Å²) in [6.07, 6.45) is 2.53. The molecule has 0 fully saturated rings. The molecule has 3 N–H and O–H groups in total. The van der Waals surface area contributed by atoms with Crippen LogP contribution in [0.5, 0.6) is 0 Å². The number of carbonyl (C=O) groups excluding carboxylic acids is 1. The van der Waals surface area contributed by atoms with E-state index in [2.05, 4.69) is 20.6 Å². The fourth-order valence-electron chi connectivity index (χ4n) is 1.75. The van der Waals surface area contributed by atoms with Gasteiger partial charge in [0.15, 0.2) is 4.34 Å². The Labute approximate surface area is 125 Å². The van der Waals surface area contributed by atoms with Gasteiger partial charge in [-0.25, -0.2) is 0 Å². The molecule has 108 valence electrons. The predicted octanol–water partition coefficient (Wildman–Crippen LogP) is 1.21. The fourth-order valence-corrected chi connectivity index (χ4v) is 3.20. The molecule has 0 aliphatic rings. The van der Waals surface area contributed by atoms with E-state index in [1.165, 1.54) is 23.1 Å². The SMILES string of the molecule is CC[C@@H](NC(=O)CSc1nnc(N)s1)c1ccnn1C. The number of amides is 1. The van der Waals surface area contributed by atoms with E-state index in [9.17, 15) is 4.79 Å². The predicted molar refractivity (Wildman–Crippen MR) is 79.4 cm³/mol. The lowest BCUT2D eigenvalue weighted by Gasteiger charge is -2.16. The summed E-state index contributed by atoms with van der Waals surface area (Å²) in [4.78, 5) is 12.0. The van der Waals surface area contributed by atoms with Crippen LogP contribution in [-0.4, -0.2) is 31.6 Å². The summed E-state index contributed by atoms with van der Waals surface area (Å²) in [6, 6.07) is 1.88. The van der Waals surface area contributed by atoms with Crippen molar-refractivity contribution in [3.63, 3.8) is 0 Å². The van der Waals surface area contributed by atoms with E-state index in [4.69, 9.17) is 5.73 Å². The van der Waals surface area contributed by atoms with Crippen molar-refractivity contribution in [1.82, 2.24) is 25.3 Å². The molecule has 2 heterocycles. The monoisotopic (exact) mass is 312 g/mol. The van der Waals surface area contributed by atoms with Crippen molar-refractivity contribution in [2.45, 2.75) is 23.7 Å². The van der Waals surface area contributed by atoms with Gasteiger partial charge in [0, 0.05) is 13.2 Å². The third-order valence-corrected chi connectivity index (χ3v) is 4.59. The summed E-state index contributed by atoms with van der Waals surface area (Å²) in [5.41, 5.74) is 6.48. The van der Waals surface area contributed by atoms with Crippen LogP contribution in [0.15, 0.2) is 16.6 Å². The Morgan fingerprint density at radius 3 is 2.95 bits per heavy atom. The van der Waals surface area contributed by atoms with E-state index >= 15 is 0 Å². The minimum atomic E-state index is -0.0446. The number of anilines is 1. The van der Waals surface area contributed by atoms with Crippen molar-refractivity contribution in [1.29, 1.82) is 0 Å². The van der Waals surface area contributed by atoms with Crippen LogP contribution < -0.4 is 11.1 Å². The summed E-state index contributed by atoms with van der Waals surface area (Å²) in [5, 5.41) is 15.1. The first-order valence-corrected chi connectivity index (χ1v) is 7.89. The van der Waals surface area contributed by atoms with Crippen molar-refractivity contribution in [2.24, 2.45) is 7.05 Å². The lowest BCUT2D eigenvalue weighted by molar-refractivity contribution is -0.119. The molecule has 0 aliphatic carbocycles. The fraction of sp³-hybridized carbons (Fsp3) is 0.455. The number of nitrogen functional groups attached to an aromatic ring is 1. The smallest absolute Gasteiger partial charge is 0.230 e. The van der Waals surface area contributed by atoms with Crippen LogP contribution in [0.3, 0.4) is 0 Å². The molecule has 0 saturated carbocycles. The van der Waals surface area contributed by atoms with Crippen LogP contribution in [-0.2, 0) is 11.8 Å². The molecular formula is C11H16N6OS2. The Hall–Kier alpha value is -1.61. The van der Waals surface area contributed by atoms with Gasteiger partial charge in [-0.3, -0.25) is 9.48 Å². The number of hydrogen-bond donors (Lipinski definition) is 2. The highest BCUT2D eigenvalue weighted by molar-refractivity contribution is 8.01. The molecule has 0 aliphatic heterocycles. The molecule has 0 spiro atoms. The van der Waals surface area contributed by atoms with Gasteiger partial charge in [-0.15, -0.1) is 10.2 Å². The quantitative estimate of drug-likeness (QED) is 0.778. The van der Waals surface area contributed by atoms with E-state index in [-0.39, 0.29) is 11.9 Å². The zero-order valence-corrected chi connectivity index (χ0v) is 12.9. The number of nitrogens with zero attached hydrogens (tertiary/aromatic N) is 4. The van der Waals surface area contributed by atoms with Crippen molar-refractivity contribution in [2.75, 3.05) is 11.5 Å². The molecule has 0 unspecified atom stereocenters. The molecule has 2 rings (SSSR count). The summed E-state index contributed by atoms with van der Waals surface area (Å²) in [7, 11) is 1.86. The Bertz CT molecular complexity index is 581. The third kappa shape index (κ3) is 3.70. The lowest BCUT2D eigenvalue weighted by atomic mass is 10.1. The van der Waals surface area contributed by atoms with Gasteiger partial charge in [0.05, 0.1) is 17.5 Å². The number of thioether (sulfide) groups is 1. The largest absolute Gasteiger partial charge is 0.374 e. The standard InChI is InChI=1S/C11H16N6OS2/c1-3-7(8-4-5-13-17(8)2)14-9(18)6-19-11-16-15-10(12)20-11/h4-5,7H,3,6H2,1-2H3,(H2,12,15)(H,14,18)/t7-/m1/s1. The van der Waals surface area contributed by atoms with Gasteiger partial charge in [-0.2, -0.15) is 5.10 Å². The number of rotatable bonds is 6. The Kier molecular flexibility index (Phi) is 4.96. The van der Waals surface area contributed by atoms with Crippen molar-refractivity contribution in [3.8, 4) is 0 Å². The number of nitrogens with one attached hydrogen (secondary N) is 1. The molecule has 20 heavy (non-hydrogen) atoms. The van der Waals surface area contributed by atoms with Gasteiger partial charge in [0.2, 0.25) is 11.0 Å². The average Bonchev–Trinajstić information content (AvgIpc) is 3.02. The van der Waals surface area contributed by atoms with Gasteiger partial charge in [-0.05, 0) is 12.5 Å². The average molecular weight is 312 g/mol. The topological polar surface area (TPSA) is 98.7 Å². The molecule has 0 radical (unpaired) electrons. The van der Waals surface area contributed by atoms with Crippen LogP contribution in [0.4, 0.5) is 5.13 Å². The summed E-state index contributed by atoms with van der Waals surface area (Å²) in [6.45, 7) is 2.02. The molecule has 1 atom stereocenters. The molecule has 2 aromatic heterocycles.